The molecule has 37 heavy (non-hydrogen) atoms. The molecule has 0 bridgehead atoms. The molecule has 0 aromatic carbocycles. The molecule has 3 N–H and O–H groups in total. The predicted octanol–water partition coefficient (Wildman–Crippen LogP) is 6.54. The van der Waals surface area contributed by atoms with Gasteiger partial charge in [0.15, 0.2) is 19.2 Å². The summed E-state index contributed by atoms with van der Waals surface area (Å²) in [5.74, 6) is -0.330. The van der Waals surface area contributed by atoms with Gasteiger partial charge in [-0.15, -0.1) is 0 Å². The number of amides is 1. The van der Waals surface area contributed by atoms with Crippen LogP contribution in [-0.2, 0) is 19.2 Å². The Morgan fingerprint density at radius 3 is 1.62 bits per heavy atom. The van der Waals surface area contributed by atoms with Crippen LogP contribution < -0.4 is 10.6 Å². The Kier molecular flexibility index (Phi) is 24.3. The minimum atomic E-state index is -2.40. The average Bonchev–Trinajstić information content (AvgIpc) is 2.85. The van der Waals surface area contributed by atoms with Crippen molar-refractivity contribution in [1.29, 1.82) is 0 Å². The topological polar surface area (TPSA) is 113 Å². The highest BCUT2D eigenvalue weighted by molar-refractivity contribution is 7.84. The van der Waals surface area contributed by atoms with Crippen molar-refractivity contribution in [3.8, 4) is 0 Å². The maximum absolute atomic E-state index is 12.4. The Labute approximate surface area is 227 Å². The van der Waals surface area contributed by atoms with E-state index in [1.165, 1.54) is 84.0 Å². The number of unbranched alkanes of at least 4 members (excludes halogenated alkanes) is 14. The second kappa shape index (κ2) is 25.1. The van der Waals surface area contributed by atoms with Crippen LogP contribution in [0.5, 0.6) is 0 Å². The summed E-state index contributed by atoms with van der Waals surface area (Å²) in [6, 6.07) is -0.670. The average molecular weight is 543 g/mol. The number of hydrogen-bond donors (Lipinski definition) is 3. The maximum atomic E-state index is 12.4. The fourth-order valence-electron chi connectivity index (χ4n) is 4.49. The minimum absolute atomic E-state index is 0.00357. The first-order valence-electron chi connectivity index (χ1n) is 14.8. The van der Waals surface area contributed by atoms with Gasteiger partial charge in [-0.1, -0.05) is 96.8 Å². The fraction of sp³-hybridized carbons (Fsp3) is 0.862. The molecule has 0 aliphatic heterocycles. The van der Waals surface area contributed by atoms with Crippen LogP contribution in [0, 0.1) is 0 Å². The highest BCUT2D eigenvalue weighted by atomic mass is 31.1. The second-order valence-electron chi connectivity index (χ2n) is 10.4. The second-order valence-corrected chi connectivity index (χ2v) is 12.0. The molecule has 0 aromatic rings. The lowest BCUT2D eigenvalue weighted by Crippen LogP contribution is -2.36. The molecule has 0 fully saturated rings. The summed E-state index contributed by atoms with van der Waals surface area (Å²) in [5.41, 5.74) is -1.04. The molecule has 0 saturated carbocycles. The van der Waals surface area contributed by atoms with Gasteiger partial charge in [-0.3, -0.25) is 19.2 Å². The fourth-order valence-corrected chi connectivity index (χ4v) is 5.53. The zero-order chi connectivity index (χ0) is 27.7. The third-order valence-corrected chi connectivity index (χ3v) is 8.00. The van der Waals surface area contributed by atoms with Crippen molar-refractivity contribution in [2.24, 2.45) is 0 Å². The van der Waals surface area contributed by atoms with Crippen molar-refractivity contribution in [2.45, 2.75) is 148 Å². The van der Waals surface area contributed by atoms with Crippen LogP contribution in [-0.4, -0.2) is 47.3 Å². The van der Waals surface area contributed by atoms with Gasteiger partial charge in [0.1, 0.15) is 5.78 Å². The largest absolute Gasteiger partial charge is 0.360 e. The SMILES string of the molecule is CCCCCCCCCCCCCCCCCC(=O)CC(CC(=O)P(O)C(=O)CCCNC)NC(C)=O. The molecule has 0 aliphatic rings. The van der Waals surface area contributed by atoms with Gasteiger partial charge in [-0.05, 0) is 26.4 Å². The molecule has 7 nitrogen and oxygen atoms in total. The van der Waals surface area contributed by atoms with Crippen LogP contribution >= 0.6 is 8.15 Å². The third-order valence-electron chi connectivity index (χ3n) is 6.65. The molecule has 0 saturated heterocycles. The zero-order valence-corrected chi connectivity index (χ0v) is 24.8. The number of hydrogen-bond acceptors (Lipinski definition) is 6. The Hall–Kier alpha value is -1.17. The van der Waals surface area contributed by atoms with Crippen LogP contribution in [0.4, 0.5) is 0 Å². The van der Waals surface area contributed by atoms with Gasteiger partial charge in [0.25, 0.3) is 0 Å². The summed E-state index contributed by atoms with van der Waals surface area (Å²) in [6.45, 7) is 4.22. The lowest BCUT2D eigenvalue weighted by atomic mass is 10.0. The monoisotopic (exact) mass is 542 g/mol. The molecule has 0 heterocycles. The minimum Gasteiger partial charge on any atom is -0.360 e. The summed E-state index contributed by atoms with van der Waals surface area (Å²) < 4.78 is 0. The molecule has 8 heteroatoms. The van der Waals surface area contributed by atoms with E-state index >= 15 is 0 Å². The van der Waals surface area contributed by atoms with E-state index in [2.05, 4.69) is 17.6 Å². The van der Waals surface area contributed by atoms with E-state index in [4.69, 9.17) is 0 Å². The quantitative estimate of drug-likeness (QED) is 0.0802. The molecule has 2 unspecified atom stereocenters. The molecule has 0 radical (unpaired) electrons. The van der Waals surface area contributed by atoms with Gasteiger partial charge in [-0.2, -0.15) is 0 Å². The predicted molar refractivity (Wildman–Crippen MR) is 154 cm³/mol. The first-order chi connectivity index (χ1) is 17.8. The van der Waals surface area contributed by atoms with Crippen molar-refractivity contribution in [3.63, 3.8) is 0 Å². The normalized spacial score (nSPS) is 12.8. The van der Waals surface area contributed by atoms with E-state index in [0.717, 1.165) is 19.3 Å². The first kappa shape index (κ1) is 35.8. The molecule has 0 rings (SSSR count). The third kappa shape index (κ3) is 22.5. The van der Waals surface area contributed by atoms with E-state index in [1.807, 2.05) is 0 Å². The standard InChI is InChI=1S/C29H55N2O5P/c1-4-5-6-7-8-9-10-11-12-13-14-15-16-17-18-20-27(33)23-26(31-25(2)32)24-29(35)37(36)28(34)21-19-22-30-3/h26,30,36H,4-24H2,1-3H3,(H,31,32). The van der Waals surface area contributed by atoms with E-state index in [0.29, 0.717) is 19.4 Å². The van der Waals surface area contributed by atoms with E-state index < -0.39 is 25.2 Å². The summed E-state index contributed by atoms with van der Waals surface area (Å²) in [6.07, 6.45) is 20.0. The van der Waals surface area contributed by atoms with Gasteiger partial charge >= 0.3 is 0 Å². The number of nitrogens with one attached hydrogen (secondary N) is 2. The van der Waals surface area contributed by atoms with Crippen LogP contribution in [0.3, 0.4) is 0 Å². The Morgan fingerprint density at radius 2 is 1.16 bits per heavy atom. The molecule has 0 aliphatic carbocycles. The Morgan fingerprint density at radius 1 is 0.676 bits per heavy atom. The molecule has 0 aromatic heterocycles. The summed E-state index contributed by atoms with van der Waals surface area (Å²) in [4.78, 5) is 58.5. The highest BCUT2D eigenvalue weighted by Gasteiger charge is 2.27. The van der Waals surface area contributed by atoms with Crippen LogP contribution in [0.15, 0.2) is 0 Å². The van der Waals surface area contributed by atoms with Gasteiger partial charge in [-0.25, -0.2) is 0 Å². The van der Waals surface area contributed by atoms with E-state index in [-0.39, 0.29) is 31.0 Å². The van der Waals surface area contributed by atoms with Gasteiger partial charge in [0, 0.05) is 38.6 Å². The number of ketones is 1. The molecule has 0 spiro atoms. The van der Waals surface area contributed by atoms with E-state index in [1.54, 1.807) is 7.05 Å². The van der Waals surface area contributed by atoms with Gasteiger partial charge in [0.05, 0.1) is 0 Å². The lowest BCUT2D eigenvalue weighted by molar-refractivity contribution is -0.122. The summed E-state index contributed by atoms with van der Waals surface area (Å²) in [5, 5.41) is 5.56. The number of carbonyl (C=O) groups excluding carboxylic acids is 4. The molecular weight excluding hydrogens is 487 g/mol. The van der Waals surface area contributed by atoms with Crippen molar-refractivity contribution < 1.29 is 24.1 Å². The Balaban J connectivity index is 3.97. The van der Waals surface area contributed by atoms with Crippen LogP contribution in [0.2, 0.25) is 0 Å². The lowest BCUT2D eigenvalue weighted by Gasteiger charge is -2.18. The highest BCUT2D eigenvalue weighted by Crippen LogP contribution is 2.36. The Bertz CT molecular complexity index is 629. The summed E-state index contributed by atoms with van der Waals surface area (Å²) in [7, 11) is -0.630. The van der Waals surface area contributed by atoms with Crippen molar-refractivity contribution in [1.82, 2.24) is 10.6 Å². The number of Topliss-reactive ketones (excluding diaryl/α,β-unsaturated/α-hetero) is 1. The molecule has 216 valence electrons. The van der Waals surface area contributed by atoms with Crippen LogP contribution in [0.25, 0.3) is 0 Å². The molecular formula is C29H55N2O5P. The molecule has 2 atom stereocenters. The van der Waals surface area contributed by atoms with Crippen molar-refractivity contribution in [3.05, 3.63) is 0 Å². The number of rotatable bonds is 27. The van der Waals surface area contributed by atoms with Gasteiger partial charge < -0.3 is 15.5 Å². The summed E-state index contributed by atoms with van der Waals surface area (Å²) >= 11 is 0. The molecule has 1 amide bonds. The zero-order valence-electron chi connectivity index (χ0n) is 24.0. The number of carbonyl (C=O) groups is 4. The smallest absolute Gasteiger partial charge is 0.217 e. The van der Waals surface area contributed by atoms with Crippen LogP contribution in [0.1, 0.15) is 142 Å². The van der Waals surface area contributed by atoms with E-state index in [9.17, 15) is 24.1 Å². The maximum Gasteiger partial charge on any atom is 0.217 e. The van der Waals surface area contributed by atoms with Gasteiger partial charge in [0.2, 0.25) is 5.91 Å². The van der Waals surface area contributed by atoms with Crippen molar-refractivity contribution >= 4 is 30.9 Å². The first-order valence-corrected chi connectivity index (χ1v) is 16.1. The van der Waals surface area contributed by atoms with Crippen molar-refractivity contribution in [2.75, 3.05) is 13.6 Å².